The van der Waals surface area contributed by atoms with E-state index in [1.54, 1.807) is 25.1 Å². The number of nitrogens with one attached hydrogen (secondary N) is 2. The molecule has 0 saturated carbocycles. The van der Waals surface area contributed by atoms with Crippen molar-refractivity contribution in [1.82, 2.24) is 9.69 Å². The largest absolute Gasteiger partial charge is 0.477 e. The smallest absolute Gasteiger partial charge is 0.341 e. The number of thioether (sulfide) groups is 1. The van der Waals surface area contributed by atoms with Crippen LogP contribution in [0.5, 0.6) is 0 Å². The van der Waals surface area contributed by atoms with Gasteiger partial charge < -0.3 is 10.4 Å². The van der Waals surface area contributed by atoms with E-state index in [1.807, 2.05) is 13.8 Å². The molecule has 140 valence electrons. The first-order chi connectivity index (χ1) is 12.3. The highest BCUT2D eigenvalue weighted by atomic mass is 32.2. The van der Waals surface area contributed by atoms with Crippen molar-refractivity contribution in [2.75, 3.05) is 11.9 Å². The molecule has 2 amide bonds. The van der Waals surface area contributed by atoms with Crippen molar-refractivity contribution in [3.63, 3.8) is 0 Å². The van der Waals surface area contributed by atoms with Crippen molar-refractivity contribution < 1.29 is 19.1 Å². The third-order valence-electron chi connectivity index (χ3n) is 3.41. The van der Waals surface area contributed by atoms with Crippen LogP contribution in [0.3, 0.4) is 0 Å². The zero-order valence-corrected chi connectivity index (χ0v) is 16.3. The Kier molecular flexibility index (Phi) is 6.98. The lowest BCUT2D eigenvalue weighted by atomic mass is 10.1. The van der Waals surface area contributed by atoms with E-state index in [4.69, 9.17) is 0 Å². The number of nitrogens with zero attached hydrogens (tertiary/aromatic N) is 1. The summed E-state index contributed by atoms with van der Waals surface area (Å²) in [6.45, 7) is 6.05. The fourth-order valence-electron chi connectivity index (χ4n) is 2.06. The van der Waals surface area contributed by atoms with E-state index in [9.17, 15) is 19.1 Å². The maximum atomic E-state index is 14.1. The number of carbonyl (C=O) groups excluding carboxylic acids is 1. The molecule has 2 rings (SSSR count). The third-order valence-corrected chi connectivity index (χ3v) is 5.31. The number of anilines is 1. The molecule has 0 aliphatic heterocycles. The maximum Gasteiger partial charge on any atom is 0.341 e. The molecule has 0 saturated heterocycles. The summed E-state index contributed by atoms with van der Waals surface area (Å²) < 4.78 is 18.2. The van der Waals surface area contributed by atoms with E-state index >= 15 is 0 Å². The number of rotatable bonds is 7. The van der Waals surface area contributed by atoms with Crippen LogP contribution in [-0.2, 0) is 5.75 Å². The van der Waals surface area contributed by atoms with Crippen LogP contribution in [-0.4, -0.2) is 28.0 Å². The van der Waals surface area contributed by atoms with Gasteiger partial charge in [-0.1, -0.05) is 43.8 Å². The first kappa shape index (κ1) is 20.2. The molecular weight excluding hydrogens is 377 g/mol. The summed E-state index contributed by atoms with van der Waals surface area (Å²) in [5, 5.41) is 15.1. The molecule has 1 heterocycles. The molecule has 0 aliphatic carbocycles. The van der Waals surface area contributed by atoms with Gasteiger partial charge in [-0.25, -0.2) is 14.0 Å². The Balaban J connectivity index is 2.12. The molecule has 6 nitrogen and oxygen atoms in total. The van der Waals surface area contributed by atoms with Crippen LogP contribution in [0.25, 0.3) is 0 Å². The minimum atomic E-state index is -1.19. The number of benzene rings is 1. The topological polar surface area (TPSA) is 91.3 Å². The number of aryl methyl sites for hydroxylation is 1. The predicted molar refractivity (Wildman–Crippen MR) is 102 cm³/mol. The van der Waals surface area contributed by atoms with Crippen LogP contribution in [0.2, 0.25) is 0 Å². The second-order valence-corrected chi connectivity index (χ2v) is 7.80. The number of carboxylic acid groups (broad SMARTS) is 1. The SMILES string of the molecule is Cc1cccc(CSc2nsc(NC(=O)NCC(C)C)c2C(=O)O)c1F. The summed E-state index contributed by atoms with van der Waals surface area (Å²) in [4.78, 5) is 23.5. The van der Waals surface area contributed by atoms with E-state index < -0.39 is 12.0 Å². The monoisotopic (exact) mass is 397 g/mol. The van der Waals surface area contributed by atoms with Gasteiger partial charge in [0.2, 0.25) is 0 Å². The fraction of sp³-hybridized carbons (Fsp3) is 0.353. The van der Waals surface area contributed by atoms with Crippen LogP contribution >= 0.6 is 23.3 Å². The summed E-state index contributed by atoms with van der Waals surface area (Å²) >= 11 is 2.02. The van der Waals surface area contributed by atoms with Gasteiger partial charge in [-0.15, -0.1) is 0 Å². The van der Waals surface area contributed by atoms with Gasteiger partial charge in [-0.2, -0.15) is 4.37 Å². The van der Waals surface area contributed by atoms with Crippen LogP contribution in [0.4, 0.5) is 14.2 Å². The van der Waals surface area contributed by atoms with Gasteiger partial charge in [0.15, 0.2) is 0 Å². The molecule has 0 aliphatic rings. The van der Waals surface area contributed by atoms with E-state index in [0.717, 1.165) is 23.3 Å². The molecule has 1 aromatic carbocycles. The molecule has 0 fully saturated rings. The zero-order chi connectivity index (χ0) is 19.3. The summed E-state index contributed by atoms with van der Waals surface area (Å²) in [6, 6.07) is 4.60. The number of aromatic carboxylic acids is 1. The Hall–Kier alpha value is -2.13. The number of urea groups is 1. The third kappa shape index (κ3) is 5.18. The minimum absolute atomic E-state index is 0.0761. The van der Waals surface area contributed by atoms with Crippen molar-refractivity contribution in [3.05, 3.63) is 40.7 Å². The number of carboxylic acids is 1. The summed E-state index contributed by atoms with van der Waals surface area (Å²) in [5.41, 5.74) is 0.931. The number of hydrogen-bond acceptors (Lipinski definition) is 5. The van der Waals surface area contributed by atoms with Gasteiger partial charge in [0.05, 0.1) is 0 Å². The lowest BCUT2D eigenvalue weighted by Crippen LogP contribution is -2.31. The molecule has 0 spiro atoms. The number of hydrogen-bond donors (Lipinski definition) is 3. The Bertz CT molecular complexity index is 809. The number of aromatic nitrogens is 1. The quantitative estimate of drug-likeness (QED) is 0.604. The van der Waals surface area contributed by atoms with Crippen LogP contribution in [0, 0.1) is 18.7 Å². The average molecular weight is 397 g/mol. The lowest BCUT2D eigenvalue weighted by molar-refractivity contribution is 0.0694. The van der Waals surface area contributed by atoms with Crippen LogP contribution in [0.15, 0.2) is 23.2 Å². The van der Waals surface area contributed by atoms with Crippen molar-refractivity contribution >= 4 is 40.3 Å². The molecule has 0 unspecified atom stereocenters. The Morgan fingerprint density at radius 1 is 1.38 bits per heavy atom. The molecule has 2 aromatic rings. The molecule has 0 atom stereocenters. The molecule has 1 aromatic heterocycles. The Labute approximate surface area is 159 Å². The molecular formula is C17H20FN3O3S2. The van der Waals surface area contributed by atoms with Crippen molar-refractivity contribution in [2.24, 2.45) is 5.92 Å². The van der Waals surface area contributed by atoms with E-state index in [0.29, 0.717) is 17.7 Å². The Morgan fingerprint density at radius 2 is 2.12 bits per heavy atom. The van der Waals surface area contributed by atoms with Crippen LogP contribution in [0.1, 0.15) is 35.3 Å². The zero-order valence-electron chi connectivity index (χ0n) is 14.6. The highest BCUT2D eigenvalue weighted by Gasteiger charge is 2.22. The van der Waals surface area contributed by atoms with E-state index in [-0.39, 0.29) is 33.1 Å². The van der Waals surface area contributed by atoms with Crippen molar-refractivity contribution in [1.29, 1.82) is 0 Å². The van der Waals surface area contributed by atoms with Gasteiger partial charge in [-0.3, -0.25) is 5.32 Å². The number of halogens is 1. The molecule has 9 heteroatoms. The normalized spacial score (nSPS) is 10.8. The van der Waals surface area contributed by atoms with Crippen LogP contribution < -0.4 is 10.6 Å². The summed E-state index contributed by atoms with van der Waals surface area (Å²) in [6.07, 6.45) is 0. The highest BCUT2D eigenvalue weighted by Crippen LogP contribution is 2.34. The van der Waals surface area contributed by atoms with Gasteiger partial charge in [0.1, 0.15) is 21.4 Å². The molecule has 3 N–H and O–H groups in total. The van der Waals surface area contributed by atoms with Gasteiger partial charge in [0.25, 0.3) is 0 Å². The van der Waals surface area contributed by atoms with Crippen molar-refractivity contribution in [3.8, 4) is 0 Å². The second-order valence-electron chi connectivity index (χ2n) is 6.06. The van der Waals surface area contributed by atoms with Gasteiger partial charge in [-0.05, 0) is 35.5 Å². The van der Waals surface area contributed by atoms with Crippen molar-refractivity contribution in [2.45, 2.75) is 31.6 Å². The summed E-state index contributed by atoms with van der Waals surface area (Å²) in [7, 11) is 0. The summed E-state index contributed by atoms with van der Waals surface area (Å²) in [5.74, 6) is -0.976. The molecule has 26 heavy (non-hydrogen) atoms. The first-order valence-electron chi connectivity index (χ1n) is 7.94. The second kappa shape index (κ2) is 9.00. The highest BCUT2D eigenvalue weighted by molar-refractivity contribution is 7.98. The number of amides is 2. The van der Waals surface area contributed by atoms with E-state index in [2.05, 4.69) is 15.0 Å². The first-order valence-corrected chi connectivity index (χ1v) is 9.70. The van der Waals surface area contributed by atoms with Gasteiger partial charge >= 0.3 is 12.0 Å². The molecule has 0 radical (unpaired) electrons. The number of carbonyl (C=O) groups is 2. The fourth-order valence-corrected chi connectivity index (χ4v) is 3.97. The minimum Gasteiger partial charge on any atom is -0.477 e. The van der Waals surface area contributed by atoms with E-state index in [1.165, 1.54) is 0 Å². The Morgan fingerprint density at radius 3 is 2.77 bits per heavy atom. The standard InChI is InChI=1S/C17H20FN3O3S2/c1-9(2)7-19-17(24)20-14-12(16(22)23)15(21-26-14)25-8-11-6-4-5-10(3)13(11)18/h4-6,9H,7-8H2,1-3H3,(H,22,23)(H2,19,20,24). The predicted octanol–water partition coefficient (Wildman–Crippen LogP) is 4.36. The van der Waals surface area contributed by atoms with Gasteiger partial charge in [0, 0.05) is 12.3 Å². The maximum absolute atomic E-state index is 14.1. The lowest BCUT2D eigenvalue weighted by Gasteiger charge is -2.08. The molecule has 0 bridgehead atoms. The average Bonchev–Trinajstić information content (AvgIpc) is 2.97.